The topological polar surface area (TPSA) is 80.3 Å². The van der Waals surface area contributed by atoms with E-state index in [0.717, 1.165) is 24.9 Å². The molecule has 3 rings (SSSR count). The molecule has 2 aromatic carbocycles. The number of hydrogen-bond donors (Lipinski definition) is 3. The van der Waals surface area contributed by atoms with Crippen molar-refractivity contribution in [2.24, 2.45) is 0 Å². The first kappa shape index (κ1) is 21.8. The van der Waals surface area contributed by atoms with E-state index in [4.69, 9.17) is 33.9 Å². The first-order valence-corrected chi connectivity index (χ1v) is 10.4. The number of ether oxygens (including phenoxy) is 2. The van der Waals surface area contributed by atoms with Crippen LogP contribution < -0.4 is 25.8 Å². The molecule has 7 nitrogen and oxygen atoms in total. The summed E-state index contributed by atoms with van der Waals surface area (Å²) in [5.74, 6) is 0.948. The highest BCUT2D eigenvalue weighted by molar-refractivity contribution is 7.80. The number of methoxy groups -OCH3 is 2. The van der Waals surface area contributed by atoms with Crippen LogP contribution in [0, 0.1) is 4.77 Å². The van der Waals surface area contributed by atoms with Crippen LogP contribution in [-0.4, -0.2) is 29.0 Å². The predicted octanol–water partition coefficient (Wildman–Crippen LogP) is 4.36. The summed E-state index contributed by atoms with van der Waals surface area (Å²) in [6.07, 6.45) is 3.37. The maximum absolute atomic E-state index is 13.0. The summed E-state index contributed by atoms with van der Waals surface area (Å²) in [7, 11) is 3.04. The molecule has 0 radical (unpaired) electrons. The molecule has 0 spiro atoms. The molecule has 30 heavy (non-hydrogen) atoms. The van der Waals surface area contributed by atoms with Crippen molar-refractivity contribution in [3.8, 4) is 11.5 Å². The third-order valence-electron chi connectivity index (χ3n) is 4.65. The van der Waals surface area contributed by atoms with Crippen LogP contribution in [0.2, 0.25) is 0 Å². The zero-order chi connectivity index (χ0) is 21.7. The Bertz CT molecular complexity index is 1170. The molecule has 0 atom stereocenters. The van der Waals surface area contributed by atoms with Gasteiger partial charge < -0.3 is 19.8 Å². The van der Waals surface area contributed by atoms with Gasteiger partial charge in [0.25, 0.3) is 5.56 Å². The van der Waals surface area contributed by atoms with Crippen LogP contribution >= 0.6 is 24.4 Å². The van der Waals surface area contributed by atoms with Crippen LogP contribution in [0.4, 0.5) is 5.69 Å². The second kappa shape index (κ2) is 9.73. The maximum atomic E-state index is 13.0. The highest BCUT2D eigenvalue weighted by Gasteiger charge is 2.12. The number of unbranched alkanes of at least 4 members (excludes halogenated alkanes) is 1. The molecule has 0 fully saturated rings. The molecule has 3 N–H and O–H groups in total. The largest absolute Gasteiger partial charge is 0.493 e. The number of anilines is 1. The van der Waals surface area contributed by atoms with E-state index in [1.807, 2.05) is 12.1 Å². The molecule has 1 aromatic heterocycles. The smallest absolute Gasteiger partial charge is 0.281 e. The Morgan fingerprint density at radius 2 is 1.80 bits per heavy atom. The first-order valence-electron chi connectivity index (χ1n) is 9.54. The summed E-state index contributed by atoms with van der Waals surface area (Å²) in [4.78, 5) is 16.0. The molecule has 0 saturated carbocycles. The van der Waals surface area contributed by atoms with Crippen LogP contribution in [0.3, 0.4) is 0 Å². The first-order chi connectivity index (χ1) is 14.5. The Labute approximate surface area is 185 Å². The summed E-state index contributed by atoms with van der Waals surface area (Å²) in [5, 5.41) is 3.71. The monoisotopic (exact) mass is 444 g/mol. The molecule has 1 heterocycles. The Balaban J connectivity index is 1.83. The lowest BCUT2D eigenvalue weighted by molar-refractivity contribution is 0.355. The molecular formula is C21H24N4O3S2. The van der Waals surface area contributed by atoms with Crippen LogP contribution in [0.5, 0.6) is 11.5 Å². The quantitative estimate of drug-likeness (QED) is 0.467. The number of aromatic amines is 1. The lowest BCUT2D eigenvalue weighted by Crippen LogP contribution is -2.36. The molecule has 0 aliphatic heterocycles. The van der Waals surface area contributed by atoms with Crippen molar-refractivity contribution < 1.29 is 9.47 Å². The Morgan fingerprint density at radius 1 is 1.13 bits per heavy atom. The van der Waals surface area contributed by atoms with E-state index >= 15 is 0 Å². The summed E-state index contributed by atoms with van der Waals surface area (Å²) in [6, 6.07) is 11.3. The number of aryl methyl sites for hydroxylation is 1. The predicted molar refractivity (Wildman–Crippen MR) is 127 cm³/mol. The third kappa shape index (κ3) is 4.80. The third-order valence-corrected chi connectivity index (χ3v) is 5.12. The molecule has 0 aliphatic carbocycles. The summed E-state index contributed by atoms with van der Waals surface area (Å²) >= 11 is 10.7. The Morgan fingerprint density at radius 3 is 2.43 bits per heavy atom. The van der Waals surface area contributed by atoms with Gasteiger partial charge in [0.05, 0.1) is 25.1 Å². The second-order valence-corrected chi connectivity index (χ2v) is 7.48. The van der Waals surface area contributed by atoms with Crippen molar-refractivity contribution in [3.05, 3.63) is 57.1 Å². The molecular weight excluding hydrogens is 420 g/mol. The number of nitrogens with one attached hydrogen (secondary N) is 3. The summed E-state index contributed by atoms with van der Waals surface area (Å²) in [6.45, 7) is 2.17. The molecule has 0 aliphatic rings. The van der Waals surface area contributed by atoms with E-state index in [1.165, 1.54) is 24.5 Å². The Hall–Kier alpha value is -2.91. The van der Waals surface area contributed by atoms with Gasteiger partial charge in [0.2, 0.25) is 0 Å². The van der Waals surface area contributed by atoms with Gasteiger partial charge in [-0.2, -0.15) is 4.68 Å². The normalized spacial score (nSPS) is 10.6. The number of fused-ring (bicyclic) bond motifs is 1. The van der Waals surface area contributed by atoms with Crippen LogP contribution in [0.1, 0.15) is 25.3 Å². The van der Waals surface area contributed by atoms with Crippen molar-refractivity contribution >= 4 is 46.1 Å². The standard InChI is InChI=1S/C21H24N4O3S2/c1-4-5-6-13-7-9-14(10-8-13)22-20(29)24-25-19(26)15-11-17(27-2)18(28-3)12-16(15)23-21(25)30/h7-12H,4-6H2,1-3H3,(H,23,30)(H2,22,24,29). The van der Waals surface area contributed by atoms with Crippen molar-refractivity contribution in [3.63, 3.8) is 0 Å². The SMILES string of the molecule is CCCCc1ccc(NC(=S)Nn2c(=S)[nH]c3cc(OC)c(OC)cc3c2=O)cc1. The lowest BCUT2D eigenvalue weighted by Gasteiger charge is -2.14. The van der Waals surface area contributed by atoms with Gasteiger partial charge >= 0.3 is 0 Å². The number of hydrogen-bond acceptors (Lipinski definition) is 5. The van der Waals surface area contributed by atoms with E-state index in [0.29, 0.717) is 22.4 Å². The van der Waals surface area contributed by atoms with E-state index < -0.39 is 0 Å². The number of aromatic nitrogens is 2. The highest BCUT2D eigenvalue weighted by atomic mass is 32.1. The zero-order valence-corrected chi connectivity index (χ0v) is 18.7. The molecule has 0 amide bonds. The number of H-pyrrole nitrogens is 1. The molecule has 158 valence electrons. The van der Waals surface area contributed by atoms with Crippen LogP contribution in [0.25, 0.3) is 10.9 Å². The summed E-state index contributed by atoms with van der Waals surface area (Å²) in [5.41, 5.74) is 5.14. The minimum Gasteiger partial charge on any atom is -0.493 e. The van der Waals surface area contributed by atoms with E-state index in [1.54, 1.807) is 12.1 Å². The van der Waals surface area contributed by atoms with Gasteiger partial charge in [-0.05, 0) is 61.0 Å². The molecule has 9 heteroatoms. The average Bonchev–Trinajstić information content (AvgIpc) is 2.75. The van der Waals surface area contributed by atoms with Gasteiger partial charge in [0, 0.05) is 11.8 Å². The van der Waals surface area contributed by atoms with E-state index in [-0.39, 0.29) is 15.4 Å². The van der Waals surface area contributed by atoms with Gasteiger partial charge in [0.15, 0.2) is 21.4 Å². The van der Waals surface area contributed by atoms with E-state index in [9.17, 15) is 4.79 Å². The summed E-state index contributed by atoms with van der Waals surface area (Å²) < 4.78 is 11.9. The van der Waals surface area contributed by atoms with Crippen LogP contribution in [-0.2, 0) is 6.42 Å². The highest BCUT2D eigenvalue weighted by Crippen LogP contribution is 2.29. The number of benzene rings is 2. The van der Waals surface area contributed by atoms with Crippen molar-refractivity contribution in [1.82, 2.24) is 9.66 Å². The minimum absolute atomic E-state index is 0.179. The van der Waals surface area contributed by atoms with Crippen molar-refractivity contribution in [2.75, 3.05) is 25.0 Å². The number of thiocarbonyl (C=S) groups is 1. The fraction of sp³-hybridized carbons (Fsp3) is 0.286. The van der Waals surface area contributed by atoms with Gasteiger partial charge in [-0.25, -0.2) is 0 Å². The van der Waals surface area contributed by atoms with Crippen molar-refractivity contribution in [1.29, 1.82) is 0 Å². The molecule has 0 bridgehead atoms. The molecule has 0 unspecified atom stereocenters. The van der Waals surface area contributed by atoms with Crippen molar-refractivity contribution in [2.45, 2.75) is 26.2 Å². The van der Waals surface area contributed by atoms with Gasteiger partial charge in [-0.1, -0.05) is 25.5 Å². The lowest BCUT2D eigenvalue weighted by atomic mass is 10.1. The van der Waals surface area contributed by atoms with Gasteiger partial charge in [0.1, 0.15) is 0 Å². The zero-order valence-electron chi connectivity index (χ0n) is 17.1. The van der Waals surface area contributed by atoms with Gasteiger partial charge in [-0.3, -0.25) is 10.2 Å². The Kier molecular flexibility index (Phi) is 7.07. The minimum atomic E-state index is -0.353. The van der Waals surface area contributed by atoms with Gasteiger partial charge in [-0.15, -0.1) is 0 Å². The fourth-order valence-corrected chi connectivity index (χ4v) is 3.49. The molecule has 3 aromatic rings. The number of nitrogens with zero attached hydrogens (tertiary/aromatic N) is 1. The molecule has 0 saturated heterocycles. The van der Waals surface area contributed by atoms with Crippen LogP contribution in [0.15, 0.2) is 41.2 Å². The fourth-order valence-electron chi connectivity index (χ4n) is 3.04. The van der Waals surface area contributed by atoms with E-state index in [2.05, 4.69) is 34.8 Å². The second-order valence-electron chi connectivity index (χ2n) is 6.69. The number of rotatable bonds is 7. The average molecular weight is 445 g/mol. The maximum Gasteiger partial charge on any atom is 0.281 e.